The lowest BCUT2D eigenvalue weighted by molar-refractivity contribution is -0.130. The quantitative estimate of drug-likeness (QED) is 0.307. The summed E-state index contributed by atoms with van der Waals surface area (Å²) in [5.74, 6) is 1.23. The Kier molecular flexibility index (Phi) is 9.95. The smallest absolute Gasteiger partial charge is 0.259 e. The normalized spacial score (nSPS) is 14.1. The molecule has 0 saturated carbocycles. The maximum Gasteiger partial charge on any atom is 0.259 e. The minimum Gasteiger partial charge on any atom is -0.484 e. The number of anilines is 1. The molecule has 0 aliphatic carbocycles. The first-order valence-corrected chi connectivity index (χ1v) is 10.6. The van der Waals surface area contributed by atoms with E-state index in [1.807, 2.05) is 49.3 Å². The first-order chi connectivity index (χ1) is 15.4. The molecule has 1 aliphatic rings. The van der Waals surface area contributed by atoms with E-state index >= 15 is 0 Å². The number of piperazine rings is 1. The van der Waals surface area contributed by atoms with Crippen LogP contribution in [0.1, 0.15) is 12.5 Å². The minimum absolute atomic E-state index is 0. The molecule has 0 atom stereocenters. The van der Waals surface area contributed by atoms with Gasteiger partial charge in [-0.15, -0.1) is 24.0 Å². The molecule has 0 unspecified atom stereocenters. The van der Waals surface area contributed by atoms with Crippen molar-refractivity contribution >= 4 is 47.4 Å². The predicted octanol–water partition coefficient (Wildman–Crippen LogP) is 1.32. The third-order valence-electron chi connectivity index (χ3n) is 5.03. The second kappa shape index (κ2) is 12.4. The molecule has 33 heavy (non-hydrogen) atoms. The molecule has 2 heterocycles. The Labute approximate surface area is 211 Å². The molecule has 1 fully saturated rings. The van der Waals surface area contributed by atoms with Crippen molar-refractivity contribution in [2.24, 2.45) is 12.0 Å². The van der Waals surface area contributed by atoms with Gasteiger partial charge in [-0.3, -0.25) is 14.3 Å². The molecule has 1 aromatic carbocycles. The van der Waals surface area contributed by atoms with E-state index in [9.17, 15) is 9.59 Å². The molecule has 180 valence electrons. The van der Waals surface area contributed by atoms with Crippen molar-refractivity contribution < 1.29 is 14.3 Å². The Morgan fingerprint density at radius 2 is 2.09 bits per heavy atom. The first kappa shape index (κ1) is 26.4. The van der Waals surface area contributed by atoms with Gasteiger partial charge in [0.05, 0.1) is 18.4 Å². The summed E-state index contributed by atoms with van der Waals surface area (Å²) >= 11 is 0. The number of likely N-dealkylation sites (N-methyl/N-ethyl adjacent to an activating group) is 1. The fourth-order valence-corrected chi connectivity index (χ4v) is 3.27. The topological polar surface area (TPSA) is 95.3 Å². The van der Waals surface area contributed by atoms with Crippen LogP contribution in [-0.4, -0.2) is 84.2 Å². The number of guanidine groups is 1. The Morgan fingerprint density at radius 1 is 1.30 bits per heavy atom. The number of amides is 2. The molecule has 0 radical (unpaired) electrons. The lowest BCUT2D eigenvalue weighted by Crippen LogP contribution is -2.55. The van der Waals surface area contributed by atoms with Gasteiger partial charge >= 0.3 is 0 Å². The van der Waals surface area contributed by atoms with E-state index in [4.69, 9.17) is 9.73 Å². The number of carbonyl (C=O) groups is 2. The van der Waals surface area contributed by atoms with Crippen molar-refractivity contribution in [2.45, 2.75) is 13.5 Å². The van der Waals surface area contributed by atoms with Crippen LogP contribution in [0.4, 0.5) is 5.69 Å². The van der Waals surface area contributed by atoms with Crippen LogP contribution < -0.4 is 15.0 Å². The summed E-state index contributed by atoms with van der Waals surface area (Å²) in [4.78, 5) is 34.4. The van der Waals surface area contributed by atoms with E-state index in [0.29, 0.717) is 37.9 Å². The molecule has 2 aromatic rings. The summed E-state index contributed by atoms with van der Waals surface area (Å²) in [7, 11) is 5.22. The molecule has 3 rings (SSSR count). The van der Waals surface area contributed by atoms with Crippen molar-refractivity contribution in [1.29, 1.82) is 0 Å². The molecule has 11 heteroatoms. The molecule has 10 nitrogen and oxygen atoms in total. The minimum atomic E-state index is -0.0991. The van der Waals surface area contributed by atoms with Gasteiger partial charge in [-0.2, -0.15) is 5.10 Å². The highest BCUT2D eigenvalue weighted by atomic mass is 127. The van der Waals surface area contributed by atoms with Crippen molar-refractivity contribution in [3.8, 4) is 5.75 Å². The number of hydrogen-bond acceptors (Lipinski definition) is 5. The van der Waals surface area contributed by atoms with E-state index in [-0.39, 0.29) is 48.9 Å². The Morgan fingerprint density at radius 3 is 2.73 bits per heavy atom. The lowest BCUT2D eigenvalue weighted by Gasteiger charge is -2.35. The number of aromatic nitrogens is 2. The van der Waals surface area contributed by atoms with Crippen LogP contribution >= 0.6 is 24.0 Å². The summed E-state index contributed by atoms with van der Waals surface area (Å²) in [6, 6.07) is 7.53. The number of aliphatic imine (C=N–C) groups is 1. The number of nitrogens with one attached hydrogen (secondary N) is 1. The second-order valence-corrected chi connectivity index (χ2v) is 7.73. The van der Waals surface area contributed by atoms with Gasteiger partial charge in [0, 0.05) is 47.0 Å². The maximum atomic E-state index is 12.7. The molecule has 1 N–H and O–H groups in total. The summed E-state index contributed by atoms with van der Waals surface area (Å²) in [6.45, 7) is 4.60. The van der Waals surface area contributed by atoms with Crippen molar-refractivity contribution in [2.75, 3.05) is 51.8 Å². The average Bonchev–Trinajstić information content (AvgIpc) is 3.21. The number of benzene rings is 1. The number of ether oxygens (including phenoxy) is 1. The van der Waals surface area contributed by atoms with Gasteiger partial charge in [0.15, 0.2) is 12.6 Å². The van der Waals surface area contributed by atoms with E-state index in [2.05, 4.69) is 10.4 Å². The van der Waals surface area contributed by atoms with Crippen molar-refractivity contribution in [1.82, 2.24) is 24.9 Å². The number of nitrogens with zero attached hydrogens (tertiary/aromatic N) is 6. The van der Waals surface area contributed by atoms with Crippen LogP contribution in [0.15, 0.2) is 41.7 Å². The van der Waals surface area contributed by atoms with Gasteiger partial charge in [0.1, 0.15) is 12.3 Å². The number of halogens is 1. The number of hydrogen-bond donors (Lipinski definition) is 1. The van der Waals surface area contributed by atoms with Crippen LogP contribution in [0, 0.1) is 0 Å². The number of rotatable bonds is 7. The van der Waals surface area contributed by atoms with Gasteiger partial charge in [-0.1, -0.05) is 12.1 Å². The summed E-state index contributed by atoms with van der Waals surface area (Å²) in [5.41, 5.74) is 1.76. The van der Waals surface area contributed by atoms with Crippen molar-refractivity contribution in [3.05, 3.63) is 42.2 Å². The van der Waals surface area contributed by atoms with Gasteiger partial charge in [-0.25, -0.2) is 4.99 Å². The van der Waals surface area contributed by atoms with Crippen LogP contribution in [0.5, 0.6) is 5.75 Å². The second-order valence-electron chi connectivity index (χ2n) is 7.73. The summed E-state index contributed by atoms with van der Waals surface area (Å²) in [5, 5.41) is 7.43. The van der Waals surface area contributed by atoms with Crippen LogP contribution in [-0.2, 0) is 23.2 Å². The number of carbonyl (C=O) groups excluding carboxylic acids is 2. The SMILES string of the molecule is CCNC(=NCc1cccc(OCC(=O)N(C)C)c1)N1CCN(c2cnn(C)c2)C(=O)C1.I. The molecule has 0 bridgehead atoms. The van der Waals surface area contributed by atoms with E-state index in [1.54, 1.807) is 29.9 Å². The fraction of sp³-hybridized carbons (Fsp3) is 0.455. The molecule has 1 aromatic heterocycles. The number of aryl methyl sites for hydroxylation is 1. The zero-order chi connectivity index (χ0) is 23.1. The van der Waals surface area contributed by atoms with Gasteiger partial charge < -0.3 is 24.8 Å². The molecule has 1 saturated heterocycles. The van der Waals surface area contributed by atoms with Crippen LogP contribution in [0.25, 0.3) is 0 Å². The standard InChI is InChI=1S/C22H31N7O3.HI/c1-5-23-22(28-9-10-29(20(30)15-28)18-13-25-27(4)14-18)24-12-17-7-6-8-19(11-17)32-16-21(31)26(2)3;/h6-8,11,13-14H,5,9-10,12,15-16H2,1-4H3,(H,23,24);1H. The zero-order valence-electron chi connectivity index (χ0n) is 19.5. The van der Waals surface area contributed by atoms with E-state index in [0.717, 1.165) is 11.3 Å². The molecular weight excluding hydrogens is 537 g/mol. The third kappa shape index (κ3) is 7.34. The largest absolute Gasteiger partial charge is 0.484 e. The highest BCUT2D eigenvalue weighted by Crippen LogP contribution is 2.17. The van der Waals surface area contributed by atoms with Crippen LogP contribution in [0.2, 0.25) is 0 Å². The fourth-order valence-electron chi connectivity index (χ4n) is 3.27. The predicted molar refractivity (Wildman–Crippen MR) is 138 cm³/mol. The summed E-state index contributed by atoms with van der Waals surface area (Å²) in [6.07, 6.45) is 3.54. The van der Waals surface area contributed by atoms with Crippen LogP contribution in [0.3, 0.4) is 0 Å². The molecule has 0 spiro atoms. The monoisotopic (exact) mass is 569 g/mol. The molecule has 1 aliphatic heterocycles. The summed E-state index contributed by atoms with van der Waals surface area (Å²) < 4.78 is 7.28. The highest BCUT2D eigenvalue weighted by molar-refractivity contribution is 14.0. The van der Waals surface area contributed by atoms with Gasteiger partial charge in [0.25, 0.3) is 5.91 Å². The average molecular weight is 569 g/mol. The van der Waals surface area contributed by atoms with E-state index in [1.165, 1.54) is 4.90 Å². The Bertz CT molecular complexity index is 976. The third-order valence-corrected chi connectivity index (χ3v) is 5.03. The lowest BCUT2D eigenvalue weighted by atomic mass is 10.2. The van der Waals surface area contributed by atoms with E-state index < -0.39 is 0 Å². The zero-order valence-corrected chi connectivity index (χ0v) is 21.9. The molecular formula is C22H32IN7O3. The van der Waals surface area contributed by atoms with Gasteiger partial charge in [0.2, 0.25) is 5.91 Å². The van der Waals surface area contributed by atoms with Gasteiger partial charge in [-0.05, 0) is 24.6 Å². The Hall–Kier alpha value is -2.83. The Balaban J connectivity index is 0.00000385. The van der Waals surface area contributed by atoms with Crippen molar-refractivity contribution in [3.63, 3.8) is 0 Å². The maximum absolute atomic E-state index is 12.7. The first-order valence-electron chi connectivity index (χ1n) is 10.6. The highest BCUT2D eigenvalue weighted by Gasteiger charge is 2.27. The molecule has 2 amide bonds.